The summed E-state index contributed by atoms with van der Waals surface area (Å²) in [5, 5.41) is 7.50. The fourth-order valence-electron chi connectivity index (χ4n) is 3.20. The predicted molar refractivity (Wildman–Crippen MR) is 120 cm³/mol. The fraction of sp³-hybridized carbons (Fsp3) is 0.125. The Morgan fingerprint density at radius 3 is 2.52 bits per heavy atom. The third-order valence-electron chi connectivity index (χ3n) is 4.85. The minimum Gasteiger partial charge on any atom is -0.482 e. The summed E-state index contributed by atoms with van der Waals surface area (Å²) in [6, 6.07) is 23.1. The number of hydrogen-bond donors (Lipinski definition) is 1. The highest BCUT2D eigenvalue weighted by atomic mass is 35.5. The van der Waals surface area contributed by atoms with Crippen LogP contribution >= 0.6 is 11.6 Å². The zero-order valence-corrected chi connectivity index (χ0v) is 17.7. The zero-order chi connectivity index (χ0) is 21.6. The molecule has 0 fully saturated rings. The van der Waals surface area contributed by atoms with Gasteiger partial charge < -0.3 is 10.1 Å². The average Bonchev–Trinajstić information content (AvgIpc) is 3.34. The summed E-state index contributed by atoms with van der Waals surface area (Å²) in [4.78, 5) is 16.3. The van der Waals surface area contributed by atoms with Crippen LogP contribution in [0.15, 0.2) is 85.5 Å². The Balaban J connectivity index is 1.32. The molecule has 1 atom stereocenters. The number of ether oxygens (including phenoxy) is 1. The van der Waals surface area contributed by atoms with Crippen LogP contribution < -0.4 is 10.1 Å². The molecule has 1 amide bonds. The minimum absolute atomic E-state index is 0.119. The maximum atomic E-state index is 12.4. The molecule has 0 unspecified atom stereocenters. The summed E-state index contributed by atoms with van der Waals surface area (Å²) >= 11 is 6.35. The van der Waals surface area contributed by atoms with Gasteiger partial charge >= 0.3 is 0 Å². The number of aromatic nitrogens is 3. The standard InChI is InChI=1S/C24H21ClN4O2/c1-17(18-7-10-21(11-8-18)29-16-26-15-27-29)28-24(30)14-31-23-12-9-20(13-22(23)25)19-5-3-2-4-6-19/h2-13,15-17H,14H2,1H3,(H,28,30)/t17-/m1/s1. The first-order valence-corrected chi connectivity index (χ1v) is 10.2. The Labute approximate surface area is 185 Å². The molecular formula is C24H21ClN4O2. The van der Waals surface area contributed by atoms with Gasteiger partial charge in [-0.25, -0.2) is 9.67 Å². The summed E-state index contributed by atoms with van der Waals surface area (Å²) < 4.78 is 7.31. The van der Waals surface area contributed by atoms with Gasteiger partial charge in [0, 0.05) is 0 Å². The normalized spacial score (nSPS) is 11.7. The van der Waals surface area contributed by atoms with Crippen molar-refractivity contribution in [1.82, 2.24) is 20.1 Å². The molecule has 156 valence electrons. The monoisotopic (exact) mass is 432 g/mol. The number of carbonyl (C=O) groups excluding carboxylic acids is 1. The van der Waals surface area contributed by atoms with E-state index < -0.39 is 0 Å². The Hall–Kier alpha value is -3.64. The van der Waals surface area contributed by atoms with Gasteiger partial charge in [0.15, 0.2) is 6.61 Å². The van der Waals surface area contributed by atoms with Crippen molar-refractivity contribution < 1.29 is 9.53 Å². The van der Waals surface area contributed by atoms with E-state index in [2.05, 4.69) is 15.4 Å². The van der Waals surface area contributed by atoms with Gasteiger partial charge in [-0.2, -0.15) is 5.10 Å². The molecule has 0 bridgehead atoms. The molecule has 0 spiro atoms. The van der Waals surface area contributed by atoms with Gasteiger partial charge in [0.2, 0.25) is 0 Å². The second-order valence-electron chi connectivity index (χ2n) is 7.02. The van der Waals surface area contributed by atoms with Crippen molar-refractivity contribution in [2.45, 2.75) is 13.0 Å². The number of halogens is 1. The van der Waals surface area contributed by atoms with Crippen LogP contribution in [0.25, 0.3) is 16.8 Å². The van der Waals surface area contributed by atoms with Crippen molar-refractivity contribution in [1.29, 1.82) is 0 Å². The minimum atomic E-state index is -0.226. The molecule has 1 N–H and O–H groups in total. The first-order chi connectivity index (χ1) is 15.1. The first kappa shape index (κ1) is 20.6. The van der Waals surface area contributed by atoms with Crippen LogP contribution in [0.1, 0.15) is 18.5 Å². The Kier molecular flexibility index (Phi) is 6.29. The molecule has 0 radical (unpaired) electrons. The number of amides is 1. The fourth-order valence-corrected chi connectivity index (χ4v) is 3.43. The second kappa shape index (κ2) is 9.45. The highest BCUT2D eigenvalue weighted by molar-refractivity contribution is 6.32. The molecule has 0 aliphatic rings. The van der Waals surface area contributed by atoms with Crippen LogP contribution in [-0.4, -0.2) is 27.3 Å². The van der Waals surface area contributed by atoms with Crippen LogP contribution in [0.2, 0.25) is 5.02 Å². The van der Waals surface area contributed by atoms with E-state index in [0.717, 1.165) is 22.4 Å². The van der Waals surface area contributed by atoms with Crippen LogP contribution in [-0.2, 0) is 4.79 Å². The van der Waals surface area contributed by atoms with Crippen LogP contribution in [0.3, 0.4) is 0 Å². The summed E-state index contributed by atoms with van der Waals surface area (Å²) in [6.07, 6.45) is 3.12. The Morgan fingerprint density at radius 2 is 1.84 bits per heavy atom. The van der Waals surface area contributed by atoms with Crippen molar-refractivity contribution in [3.63, 3.8) is 0 Å². The van der Waals surface area contributed by atoms with E-state index >= 15 is 0 Å². The highest BCUT2D eigenvalue weighted by Gasteiger charge is 2.12. The number of rotatable bonds is 7. The zero-order valence-electron chi connectivity index (χ0n) is 16.9. The lowest BCUT2D eigenvalue weighted by Crippen LogP contribution is -2.31. The molecule has 0 saturated heterocycles. The summed E-state index contributed by atoms with van der Waals surface area (Å²) in [7, 11) is 0. The molecule has 3 aromatic carbocycles. The number of nitrogens with one attached hydrogen (secondary N) is 1. The molecule has 1 heterocycles. The van der Waals surface area contributed by atoms with Crippen molar-refractivity contribution >= 4 is 17.5 Å². The smallest absolute Gasteiger partial charge is 0.258 e. The summed E-state index contributed by atoms with van der Waals surface area (Å²) in [5.74, 6) is 0.248. The first-order valence-electron chi connectivity index (χ1n) is 9.82. The van der Waals surface area contributed by atoms with E-state index in [0.29, 0.717) is 10.8 Å². The van der Waals surface area contributed by atoms with E-state index in [9.17, 15) is 4.79 Å². The van der Waals surface area contributed by atoms with Crippen molar-refractivity contribution in [2.24, 2.45) is 0 Å². The predicted octanol–water partition coefficient (Wildman–Crippen LogP) is 4.84. The van der Waals surface area contributed by atoms with Crippen LogP contribution in [0, 0.1) is 0 Å². The molecular weight excluding hydrogens is 412 g/mol. The van der Waals surface area contributed by atoms with Gasteiger partial charge in [0.25, 0.3) is 5.91 Å². The SMILES string of the molecule is C[C@@H](NC(=O)COc1ccc(-c2ccccc2)cc1Cl)c1ccc(-n2cncn2)cc1. The second-order valence-corrected chi connectivity index (χ2v) is 7.43. The number of carbonyl (C=O) groups is 1. The Morgan fingerprint density at radius 1 is 1.06 bits per heavy atom. The largest absolute Gasteiger partial charge is 0.482 e. The van der Waals surface area contributed by atoms with E-state index in [-0.39, 0.29) is 18.6 Å². The highest BCUT2D eigenvalue weighted by Crippen LogP contribution is 2.30. The van der Waals surface area contributed by atoms with Crippen LogP contribution in [0.5, 0.6) is 5.75 Å². The van der Waals surface area contributed by atoms with Gasteiger partial charge in [-0.15, -0.1) is 0 Å². The average molecular weight is 433 g/mol. The van der Waals surface area contributed by atoms with E-state index in [4.69, 9.17) is 16.3 Å². The van der Waals surface area contributed by atoms with Crippen molar-refractivity contribution in [2.75, 3.05) is 6.61 Å². The Bertz CT molecular complexity index is 1150. The third-order valence-corrected chi connectivity index (χ3v) is 5.15. The molecule has 31 heavy (non-hydrogen) atoms. The maximum Gasteiger partial charge on any atom is 0.258 e. The van der Waals surface area contributed by atoms with Crippen molar-refractivity contribution in [3.05, 3.63) is 96.0 Å². The van der Waals surface area contributed by atoms with E-state index in [1.54, 1.807) is 17.1 Å². The number of benzene rings is 3. The molecule has 4 aromatic rings. The molecule has 4 rings (SSSR count). The van der Waals surface area contributed by atoms with Gasteiger partial charge in [0.05, 0.1) is 16.8 Å². The molecule has 1 aromatic heterocycles. The number of nitrogens with zero attached hydrogens (tertiary/aromatic N) is 3. The quantitative estimate of drug-likeness (QED) is 0.453. The molecule has 0 saturated carbocycles. The van der Waals surface area contributed by atoms with Gasteiger partial charge in [-0.3, -0.25) is 4.79 Å². The third kappa shape index (κ3) is 5.10. The maximum absolute atomic E-state index is 12.4. The van der Waals surface area contributed by atoms with Gasteiger partial charge in [-0.05, 0) is 47.9 Å². The summed E-state index contributed by atoms with van der Waals surface area (Å²) in [6.45, 7) is 1.80. The molecule has 0 aliphatic heterocycles. The topological polar surface area (TPSA) is 69.0 Å². The van der Waals surface area contributed by atoms with Gasteiger partial charge in [0.1, 0.15) is 18.4 Å². The lowest BCUT2D eigenvalue weighted by Gasteiger charge is -2.16. The van der Waals surface area contributed by atoms with Crippen LogP contribution in [0.4, 0.5) is 0 Å². The van der Waals surface area contributed by atoms with Crippen molar-refractivity contribution in [3.8, 4) is 22.6 Å². The summed E-state index contributed by atoms with van der Waals surface area (Å²) in [5.41, 5.74) is 3.93. The van der Waals surface area contributed by atoms with E-state index in [1.165, 1.54) is 6.33 Å². The molecule has 6 nitrogen and oxygen atoms in total. The lowest BCUT2D eigenvalue weighted by atomic mass is 10.1. The number of hydrogen-bond acceptors (Lipinski definition) is 4. The molecule has 0 aliphatic carbocycles. The lowest BCUT2D eigenvalue weighted by molar-refractivity contribution is -0.123. The van der Waals surface area contributed by atoms with E-state index in [1.807, 2.05) is 73.7 Å². The molecule has 7 heteroatoms. The van der Waals surface area contributed by atoms with Gasteiger partial charge in [-0.1, -0.05) is 60.1 Å².